The first-order valence-electron chi connectivity index (χ1n) is 4.79. The highest BCUT2D eigenvalue weighted by Gasteiger charge is 2.28. The van der Waals surface area contributed by atoms with Gasteiger partial charge < -0.3 is 0 Å². The molecule has 2 rings (SSSR count). The van der Waals surface area contributed by atoms with Crippen molar-refractivity contribution in [2.75, 3.05) is 12.1 Å². The Kier molecular flexibility index (Phi) is 2.78. The maximum absolute atomic E-state index is 11.0. The second kappa shape index (κ2) is 4.09. The lowest BCUT2D eigenvalue weighted by Gasteiger charge is -2.22. The lowest BCUT2D eigenvalue weighted by Crippen LogP contribution is -2.38. The van der Waals surface area contributed by atoms with Crippen LogP contribution in [0.1, 0.15) is 5.56 Å². The van der Waals surface area contributed by atoms with Crippen molar-refractivity contribution < 1.29 is 4.79 Å². The molecule has 1 aromatic carbocycles. The number of benzene rings is 1. The number of carbonyl (C=O) groups is 1. The fourth-order valence-corrected chi connectivity index (χ4v) is 1.72. The van der Waals surface area contributed by atoms with E-state index in [2.05, 4.69) is 10.4 Å². The van der Waals surface area contributed by atoms with E-state index >= 15 is 0 Å². The van der Waals surface area contributed by atoms with E-state index < -0.39 is 6.17 Å². The second-order valence-electron chi connectivity index (χ2n) is 3.53. The van der Waals surface area contributed by atoms with Gasteiger partial charge in [0.2, 0.25) is 0 Å². The quantitative estimate of drug-likeness (QED) is 0.743. The van der Waals surface area contributed by atoms with Crippen LogP contribution in [0.3, 0.4) is 0 Å². The van der Waals surface area contributed by atoms with Crippen LogP contribution in [0.5, 0.6) is 0 Å². The summed E-state index contributed by atoms with van der Waals surface area (Å²) in [7, 11) is 1.70. The Morgan fingerprint density at radius 1 is 1.44 bits per heavy atom. The molecule has 0 saturated heterocycles. The second-order valence-corrected chi connectivity index (χ2v) is 3.94. The Morgan fingerprint density at radius 2 is 2.19 bits per heavy atom. The predicted molar refractivity (Wildman–Crippen MR) is 61.1 cm³/mol. The van der Waals surface area contributed by atoms with Gasteiger partial charge in [0.15, 0.2) is 12.5 Å². The smallest absolute Gasteiger partial charge is 0.197 e. The van der Waals surface area contributed by atoms with E-state index in [1.165, 1.54) is 5.01 Å². The van der Waals surface area contributed by atoms with E-state index in [9.17, 15) is 4.79 Å². The highest BCUT2D eigenvalue weighted by atomic mass is 35.5. The van der Waals surface area contributed by atoms with Gasteiger partial charge in [0.25, 0.3) is 0 Å². The van der Waals surface area contributed by atoms with E-state index in [0.29, 0.717) is 5.02 Å². The summed E-state index contributed by atoms with van der Waals surface area (Å²) in [5.41, 5.74) is 1.67. The number of nitrogens with zero attached hydrogens (tertiary/aromatic N) is 4. The molecule has 0 radical (unpaired) electrons. The van der Waals surface area contributed by atoms with Crippen molar-refractivity contribution in [3.05, 3.63) is 28.8 Å². The van der Waals surface area contributed by atoms with Crippen LogP contribution >= 0.6 is 11.6 Å². The van der Waals surface area contributed by atoms with E-state index in [0.717, 1.165) is 17.5 Å². The molecule has 0 N–H and O–H groups in total. The average Bonchev–Trinajstić information content (AvgIpc) is 2.63. The van der Waals surface area contributed by atoms with Gasteiger partial charge in [-0.1, -0.05) is 22.9 Å². The monoisotopic (exact) mass is 238 g/mol. The number of anilines is 1. The summed E-state index contributed by atoms with van der Waals surface area (Å²) in [5.74, 6) is 0. The molecule has 0 fully saturated rings. The molecule has 84 valence electrons. The fraction of sp³-hybridized carbons (Fsp3) is 0.300. The number of hydrogen-bond acceptors (Lipinski definition) is 5. The van der Waals surface area contributed by atoms with Crippen LogP contribution < -0.4 is 5.01 Å². The minimum atomic E-state index is -0.503. The number of halogens is 1. The van der Waals surface area contributed by atoms with Gasteiger partial charge >= 0.3 is 0 Å². The lowest BCUT2D eigenvalue weighted by atomic mass is 10.2. The van der Waals surface area contributed by atoms with Crippen LogP contribution in [0.2, 0.25) is 5.02 Å². The van der Waals surface area contributed by atoms with Crippen molar-refractivity contribution in [3.63, 3.8) is 0 Å². The Balaban J connectivity index is 2.41. The van der Waals surface area contributed by atoms with Crippen molar-refractivity contribution in [1.29, 1.82) is 0 Å². The Morgan fingerprint density at radius 3 is 2.88 bits per heavy atom. The van der Waals surface area contributed by atoms with Crippen molar-refractivity contribution in [1.82, 2.24) is 5.01 Å². The molecule has 1 aliphatic heterocycles. The Hall–Kier alpha value is -1.62. The fourth-order valence-electron chi connectivity index (χ4n) is 1.55. The minimum absolute atomic E-state index is 0.503. The summed E-state index contributed by atoms with van der Waals surface area (Å²) in [6.45, 7) is 1.88. The van der Waals surface area contributed by atoms with Crippen molar-refractivity contribution >= 4 is 23.6 Å². The van der Waals surface area contributed by atoms with Gasteiger partial charge in [0, 0.05) is 12.1 Å². The Labute approximate surface area is 98.3 Å². The molecule has 1 aromatic rings. The molecule has 0 aliphatic carbocycles. The van der Waals surface area contributed by atoms with Crippen LogP contribution in [0.25, 0.3) is 0 Å². The maximum Gasteiger partial charge on any atom is 0.197 e. The van der Waals surface area contributed by atoms with Gasteiger partial charge in [0.1, 0.15) is 0 Å². The molecule has 0 aromatic heterocycles. The summed E-state index contributed by atoms with van der Waals surface area (Å²) < 4.78 is 0. The molecular weight excluding hydrogens is 228 g/mol. The first-order valence-corrected chi connectivity index (χ1v) is 5.17. The third kappa shape index (κ3) is 1.63. The topological polar surface area (TPSA) is 48.3 Å². The third-order valence-corrected chi connectivity index (χ3v) is 2.93. The Bertz CT molecular complexity index is 448. The molecule has 1 atom stereocenters. The van der Waals surface area contributed by atoms with E-state index in [4.69, 9.17) is 11.6 Å². The average molecular weight is 239 g/mol. The summed E-state index contributed by atoms with van der Waals surface area (Å²) in [6, 6.07) is 5.48. The summed E-state index contributed by atoms with van der Waals surface area (Å²) in [6.07, 6.45) is 0.289. The molecule has 0 saturated carbocycles. The number of carbonyl (C=O) groups excluding carboxylic acids is 1. The zero-order chi connectivity index (χ0) is 11.7. The molecular formula is C10H11ClN4O. The molecule has 1 aliphatic rings. The number of rotatable bonds is 2. The minimum Gasteiger partial charge on any atom is -0.299 e. The SMILES string of the molecule is Cc1c(Cl)cccc1N1N=NN(C)C1C=O. The molecule has 5 nitrogen and oxygen atoms in total. The van der Waals surface area contributed by atoms with Crippen molar-refractivity contribution in [2.24, 2.45) is 10.4 Å². The van der Waals surface area contributed by atoms with E-state index in [1.54, 1.807) is 18.1 Å². The van der Waals surface area contributed by atoms with Crippen LogP contribution in [0.4, 0.5) is 5.69 Å². The summed E-state index contributed by atoms with van der Waals surface area (Å²) in [4.78, 5) is 11.0. The molecule has 0 bridgehead atoms. The van der Waals surface area contributed by atoms with Crippen molar-refractivity contribution in [2.45, 2.75) is 13.1 Å². The molecule has 0 spiro atoms. The molecule has 1 heterocycles. The summed E-state index contributed by atoms with van der Waals surface area (Å²) in [5, 5.41) is 11.5. The number of likely N-dealkylation sites (N-methyl/N-ethyl adjacent to an activating group) is 1. The van der Waals surface area contributed by atoms with E-state index in [1.807, 2.05) is 19.1 Å². The van der Waals surface area contributed by atoms with Gasteiger partial charge in [-0.2, -0.15) is 0 Å². The highest BCUT2D eigenvalue weighted by Crippen LogP contribution is 2.30. The van der Waals surface area contributed by atoms with Crippen LogP contribution in [0, 0.1) is 6.92 Å². The number of aldehydes is 1. The van der Waals surface area contributed by atoms with Gasteiger partial charge in [-0.25, -0.2) is 10.0 Å². The summed E-state index contributed by atoms with van der Waals surface area (Å²) >= 11 is 6.02. The van der Waals surface area contributed by atoms with Gasteiger partial charge in [-0.3, -0.25) is 4.79 Å². The standard InChI is InChI=1S/C10H11ClN4O/c1-7-8(11)4-3-5-9(7)15-10(6-16)14(2)12-13-15/h3-6,10H,1-2H3. The molecule has 1 unspecified atom stereocenters. The molecule has 6 heteroatoms. The highest BCUT2D eigenvalue weighted by molar-refractivity contribution is 6.31. The predicted octanol–water partition coefficient (Wildman–Crippen LogP) is 2.21. The normalized spacial score (nSPS) is 19.3. The van der Waals surface area contributed by atoms with Gasteiger partial charge in [-0.05, 0) is 29.8 Å². The number of hydrogen-bond donors (Lipinski definition) is 0. The zero-order valence-corrected chi connectivity index (χ0v) is 9.72. The first kappa shape index (κ1) is 10.9. The van der Waals surface area contributed by atoms with Gasteiger partial charge in [-0.15, -0.1) is 0 Å². The van der Waals surface area contributed by atoms with Crippen LogP contribution in [-0.2, 0) is 4.79 Å². The maximum atomic E-state index is 11.0. The van der Waals surface area contributed by atoms with Gasteiger partial charge in [0.05, 0.1) is 5.69 Å². The first-order chi connectivity index (χ1) is 7.65. The van der Waals surface area contributed by atoms with Crippen LogP contribution in [-0.4, -0.2) is 24.5 Å². The van der Waals surface area contributed by atoms with Crippen molar-refractivity contribution in [3.8, 4) is 0 Å². The molecule has 16 heavy (non-hydrogen) atoms. The lowest BCUT2D eigenvalue weighted by molar-refractivity contribution is -0.111. The van der Waals surface area contributed by atoms with Crippen LogP contribution in [0.15, 0.2) is 28.6 Å². The van der Waals surface area contributed by atoms with E-state index in [-0.39, 0.29) is 0 Å². The third-order valence-electron chi connectivity index (χ3n) is 2.52. The largest absolute Gasteiger partial charge is 0.299 e. The molecule has 0 amide bonds. The zero-order valence-electron chi connectivity index (χ0n) is 8.96.